The molecule has 5 heteroatoms. The first-order valence-corrected chi connectivity index (χ1v) is 4.42. The number of rotatable bonds is 4. The Morgan fingerprint density at radius 1 is 1.00 bits per heavy atom. The minimum Gasteiger partial charge on any atom is -0.116 e. The van der Waals surface area contributed by atoms with Crippen LogP contribution >= 0.6 is 8.25 Å². The van der Waals surface area contributed by atoms with Crippen LogP contribution in [-0.4, -0.2) is 12.2 Å². The van der Waals surface area contributed by atoms with Crippen molar-refractivity contribution < 1.29 is 33.1 Å². The van der Waals surface area contributed by atoms with E-state index in [-0.39, 0.29) is 31.7 Å². The van der Waals surface area contributed by atoms with E-state index in [9.17, 15) is 4.57 Å². The van der Waals surface area contributed by atoms with Gasteiger partial charge in [-0.3, -0.25) is 0 Å². The molecule has 0 atom stereocenters. The molecule has 0 heterocycles. The minimum absolute atomic E-state index is 0. The first-order chi connectivity index (χ1) is 4.52. The molecular weight excluding hydrogens is 216 g/mol. The van der Waals surface area contributed by atoms with Gasteiger partial charge >= 0.3 is 8.25 Å². The Bertz CT molecular complexity index is 104. The second-order valence-electron chi connectivity index (χ2n) is 2.53. The summed E-state index contributed by atoms with van der Waals surface area (Å²) in [5, 5.41) is 0. The molecule has 0 N–H and O–H groups in total. The summed E-state index contributed by atoms with van der Waals surface area (Å²) in [4.78, 5) is 0. The van der Waals surface area contributed by atoms with E-state index < -0.39 is 8.25 Å². The van der Waals surface area contributed by atoms with Crippen molar-refractivity contribution in [1.82, 2.24) is 0 Å². The van der Waals surface area contributed by atoms with Gasteiger partial charge in [-0.05, 0) is 27.7 Å². The molecule has 0 aromatic carbocycles. The number of hydrogen-bond donors (Lipinski definition) is 0. The van der Waals surface area contributed by atoms with Crippen molar-refractivity contribution in [2.45, 2.75) is 39.9 Å². The second kappa shape index (κ2) is 7.30. The fourth-order valence-electron chi connectivity index (χ4n) is 0.369. The molecule has 0 aliphatic carbocycles. The van der Waals surface area contributed by atoms with Gasteiger partial charge in [-0.2, -0.15) is 0 Å². The van der Waals surface area contributed by atoms with E-state index in [0.29, 0.717) is 0 Å². The van der Waals surface area contributed by atoms with Gasteiger partial charge in [0, 0.05) is 24.0 Å². The van der Waals surface area contributed by atoms with E-state index >= 15 is 0 Å². The molecule has 0 saturated carbocycles. The zero-order valence-electron chi connectivity index (χ0n) is 7.53. The molecule has 0 bridgehead atoms. The molecule has 3 nitrogen and oxygen atoms in total. The van der Waals surface area contributed by atoms with Crippen LogP contribution in [0.4, 0.5) is 0 Å². The van der Waals surface area contributed by atoms with Gasteiger partial charge in [0.25, 0.3) is 0 Å². The molecular formula is C6H14O3PZn+. The first-order valence-electron chi connectivity index (χ1n) is 3.33. The molecule has 0 spiro atoms. The maximum absolute atomic E-state index is 10.8. The van der Waals surface area contributed by atoms with Crippen LogP contribution in [0.2, 0.25) is 0 Å². The fourth-order valence-corrected chi connectivity index (χ4v) is 1.11. The van der Waals surface area contributed by atoms with Crippen molar-refractivity contribution in [2.24, 2.45) is 0 Å². The Morgan fingerprint density at radius 3 is 1.45 bits per heavy atom. The van der Waals surface area contributed by atoms with E-state index in [4.69, 9.17) is 9.05 Å². The summed E-state index contributed by atoms with van der Waals surface area (Å²) in [5.41, 5.74) is 0. The van der Waals surface area contributed by atoms with E-state index in [1.54, 1.807) is 0 Å². The van der Waals surface area contributed by atoms with Crippen LogP contribution in [0.25, 0.3) is 0 Å². The molecule has 0 fully saturated rings. The Hall–Kier alpha value is 0.643. The zero-order chi connectivity index (χ0) is 8.15. The van der Waals surface area contributed by atoms with E-state index in [1.165, 1.54) is 0 Å². The first kappa shape index (κ1) is 14.2. The van der Waals surface area contributed by atoms with Gasteiger partial charge < -0.3 is 0 Å². The Kier molecular flexibility index (Phi) is 9.41. The van der Waals surface area contributed by atoms with Crippen molar-refractivity contribution >= 4 is 8.25 Å². The average molecular weight is 231 g/mol. The Balaban J connectivity index is 0. The molecule has 11 heavy (non-hydrogen) atoms. The smallest absolute Gasteiger partial charge is 0.116 e. The largest absolute Gasteiger partial charge is 0.697 e. The van der Waals surface area contributed by atoms with E-state index in [0.717, 1.165) is 0 Å². The molecule has 0 aliphatic heterocycles. The van der Waals surface area contributed by atoms with Crippen molar-refractivity contribution in [3.05, 3.63) is 0 Å². The summed E-state index contributed by atoms with van der Waals surface area (Å²) >= 11 is 0. The van der Waals surface area contributed by atoms with E-state index in [2.05, 4.69) is 0 Å². The molecule has 0 rings (SSSR count). The third-order valence-electron chi connectivity index (χ3n) is 0.594. The summed E-state index contributed by atoms with van der Waals surface area (Å²) in [7, 11) is -1.91. The maximum Gasteiger partial charge on any atom is 0.697 e. The summed E-state index contributed by atoms with van der Waals surface area (Å²) in [5.74, 6) is 0. The minimum atomic E-state index is -1.91. The SMILES string of the molecule is CC(C)O[P+](=O)OC(C)C.[Zn]. The van der Waals surface area contributed by atoms with Crippen molar-refractivity contribution in [3.63, 3.8) is 0 Å². The van der Waals surface area contributed by atoms with Crippen LogP contribution in [0.15, 0.2) is 0 Å². The molecule has 0 radical (unpaired) electrons. The quantitative estimate of drug-likeness (QED) is 0.550. The molecule has 0 amide bonds. The van der Waals surface area contributed by atoms with Crippen LogP contribution < -0.4 is 0 Å². The molecule has 0 unspecified atom stereocenters. The third kappa shape index (κ3) is 10.6. The predicted molar refractivity (Wildman–Crippen MR) is 40.0 cm³/mol. The van der Waals surface area contributed by atoms with Crippen molar-refractivity contribution in [2.75, 3.05) is 0 Å². The molecule has 0 saturated heterocycles. The summed E-state index contributed by atoms with van der Waals surface area (Å²) < 4.78 is 20.5. The number of hydrogen-bond acceptors (Lipinski definition) is 3. The second-order valence-corrected chi connectivity index (χ2v) is 3.40. The predicted octanol–water partition coefficient (Wildman–Crippen LogP) is 2.49. The molecule has 0 aromatic rings. The van der Waals surface area contributed by atoms with Gasteiger partial charge in [0.1, 0.15) is 12.2 Å². The molecule has 62 valence electrons. The third-order valence-corrected chi connectivity index (χ3v) is 1.78. The normalized spacial score (nSPS) is 10.0. The van der Waals surface area contributed by atoms with Gasteiger partial charge in [-0.15, -0.1) is 9.05 Å². The fraction of sp³-hybridized carbons (Fsp3) is 1.00. The Labute approximate surface area is 81.6 Å². The van der Waals surface area contributed by atoms with Crippen molar-refractivity contribution in [1.29, 1.82) is 0 Å². The standard InChI is InChI=1S/C6H14O3P.Zn/c1-5(2)8-10(7)9-6(3)4;/h5-6H,1-4H3;/q+1;. The van der Waals surface area contributed by atoms with Gasteiger partial charge in [0.15, 0.2) is 0 Å². The van der Waals surface area contributed by atoms with Crippen LogP contribution in [0.5, 0.6) is 0 Å². The van der Waals surface area contributed by atoms with Gasteiger partial charge in [-0.25, -0.2) is 0 Å². The van der Waals surface area contributed by atoms with Crippen LogP contribution in [0.3, 0.4) is 0 Å². The van der Waals surface area contributed by atoms with Crippen molar-refractivity contribution in [3.8, 4) is 0 Å². The van der Waals surface area contributed by atoms with E-state index in [1.807, 2.05) is 27.7 Å². The van der Waals surface area contributed by atoms with Crippen LogP contribution in [0, 0.1) is 0 Å². The monoisotopic (exact) mass is 229 g/mol. The molecule has 0 aromatic heterocycles. The van der Waals surface area contributed by atoms with Gasteiger partial charge in [0.05, 0.1) is 0 Å². The summed E-state index contributed by atoms with van der Waals surface area (Å²) in [6, 6.07) is 0. The summed E-state index contributed by atoms with van der Waals surface area (Å²) in [6.07, 6.45) is -0.0790. The summed E-state index contributed by atoms with van der Waals surface area (Å²) in [6.45, 7) is 7.27. The molecule has 0 aliphatic rings. The van der Waals surface area contributed by atoms with Gasteiger partial charge in [-0.1, -0.05) is 0 Å². The average Bonchev–Trinajstić information content (AvgIpc) is 1.58. The van der Waals surface area contributed by atoms with Crippen LogP contribution in [0.1, 0.15) is 27.7 Å². The van der Waals surface area contributed by atoms with Crippen LogP contribution in [-0.2, 0) is 33.1 Å². The zero-order valence-corrected chi connectivity index (χ0v) is 11.4. The maximum atomic E-state index is 10.8. The Morgan fingerprint density at radius 2 is 1.27 bits per heavy atom. The topological polar surface area (TPSA) is 35.5 Å². The van der Waals surface area contributed by atoms with Gasteiger partial charge in [0.2, 0.25) is 0 Å².